The van der Waals surface area contributed by atoms with E-state index in [9.17, 15) is 8.42 Å². The fraction of sp³-hybridized carbons (Fsp3) is 0.407. The molecule has 1 saturated heterocycles. The van der Waals surface area contributed by atoms with Crippen molar-refractivity contribution in [2.45, 2.75) is 56.8 Å². The largest absolute Gasteiger partial charge is 0.376 e. The zero-order valence-electron chi connectivity index (χ0n) is 20.9. The molecule has 7 nitrogen and oxygen atoms in total. The summed E-state index contributed by atoms with van der Waals surface area (Å²) < 4.78 is 34.9. The fourth-order valence-electron chi connectivity index (χ4n) is 4.45. The molecule has 2 aromatic carbocycles. The van der Waals surface area contributed by atoms with Crippen LogP contribution in [0.15, 0.2) is 66.0 Å². The number of ether oxygens (including phenoxy) is 1. The number of rotatable bonds is 10. The molecule has 1 unspecified atom stereocenters. The highest BCUT2D eigenvalue weighted by Crippen LogP contribution is 2.23. The first-order valence-corrected chi connectivity index (χ1v) is 14.4. The summed E-state index contributed by atoms with van der Waals surface area (Å²) in [6.07, 6.45) is 3.81. The minimum atomic E-state index is -3.69. The van der Waals surface area contributed by atoms with Gasteiger partial charge in [0.1, 0.15) is 0 Å². The molecule has 0 spiro atoms. The molecule has 9 heteroatoms. The highest BCUT2D eigenvalue weighted by molar-refractivity contribution is 7.90. The molecule has 1 atom stereocenters. The average Bonchev–Trinajstić information content (AvgIpc) is 3.51. The molecule has 0 radical (unpaired) electrons. The number of aromatic nitrogens is 2. The van der Waals surface area contributed by atoms with E-state index in [0.29, 0.717) is 31.3 Å². The number of nitrogens with zero attached hydrogens (tertiary/aromatic N) is 3. The minimum Gasteiger partial charge on any atom is -0.376 e. The van der Waals surface area contributed by atoms with E-state index in [4.69, 9.17) is 17.0 Å². The first-order chi connectivity index (χ1) is 17.4. The topological polar surface area (TPSA) is 76.5 Å². The number of benzene rings is 2. The van der Waals surface area contributed by atoms with Gasteiger partial charge in [0.2, 0.25) is 15.0 Å². The number of hydrogen-bond acceptors (Lipinski definition) is 5. The molecule has 3 aromatic rings. The summed E-state index contributed by atoms with van der Waals surface area (Å²) in [7, 11) is -3.69. The first-order valence-electron chi connectivity index (χ1n) is 12.4. The minimum absolute atomic E-state index is 0.0797. The van der Waals surface area contributed by atoms with Gasteiger partial charge in [0.15, 0.2) is 5.11 Å². The summed E-state index contributed by atoms with van der Waals surface area (Å²) in [6, 6.07) is 17.4. The molecule has 1 aromatic heterocycles. The van der Waals surface area contributed by atoms with Crippen molar-refractivity contribution in [3.05, 3.63) is 83.2 Å². The van der Waals surface area contributed by atoms with Crippen LogP contribution in [0.4, 0.5) is 0 Å². The normalized spacial score (nSPS) is 15.7. The Bertz CT molecular complexity index is 1270. The molecule has 1 N–H and O–H groups in total. The van der Waals surface area contributed by atoms with Crippen LogP contribution in [0.1, 0.15) is 42.1 Å². The van der Waals surface area contributed by atoms with E-state index >= 15 is 0 Å². The number of sulfone groups is 1. The molecule has 0 bridgehead atoms. The standard InChI is InChI=1S/C27H34N4O3S2/c1-3-28-26(35)30(19-25-14-9-15-34-25)18-24-16-29-27(31(24)17-22-11-5-4-6-12-22)36(32,33)20-23-13-8-7-10-21(23)2/h4-8,10-13,16,25H,3,9,14-15,17-20H2,1-2H3,(H,28,35). The average molecular weight is 527 g/mol. The molecule has 0 aliphatic carbocycles. The van der Waals surface area contributed by atoms with Gasteiger partial charge in [0.05, 0.1) is 36.8 Å². The lowest BCUT2D eigenvalue weighted by Crippen LogP contribution is -2.43. The number of nitrogens with one attached hydrogen (secondary N) is 1. The molecular formula is C27H34N4O3S2. The van der Waals surface area contributed by atoms with Crippen molar-refractivity contribution in [1.29, 1.82) is 0 Å². The third kappa shape index (κ3) is 6.52. The summed E-state index contributed by atoms with van der Waals surface area (Å²) in [6.45, 7) is 6.89. The van der Waals surface area contributed by atoms with Gasteiger partial charge in [-0.15, -0.1) is 0 Å². The van der Waals surface area contributed by atoms with E-state index in [1.54, 1.807) is 6.20 Å². The number of imidazole rings is 1. The van der Waals surface area contributed by atoms with E-state index in [1.807, 2.05) is 73.0 Å². The van der Waals surface area contributed by atoms with Crippen LogP contribution in [0, 0.1) is 6.92 Å². The lowest BCUT2D eigenvalue weighted by molar-refractivity contribution is 0.0893. The number of thiocarbonyl (C=S) groups is 1. The van der Waals surface area contributed by atoms with Gasteiger partial charge in [-0.05, 0) is 55.6 Å². The molecule has 4 rings (SSSR count). The fourth-order valence-corrected chi connectivity index (χ4v) is 6.33. The Balaban J connectivity index is 1.68. The van der Waals surface area contributed by atoms with Crippen LogP contribution < -0.4 is 5.32 Å². The Kier molecular flexibility index (Phi) is 8.77. The molecule has 0 amide bonds. The maximum atomic E-state index is 13.6. The molecular weight excluding hydrogens is 492 g/mol. The van der Waals surface area contributed by atoms with Crippen LogP contribution in [-0.4, -0.2) is 53.8 Å². The Hall–Kier alpha value is -2.75. The number of hydrogen-bond donors (Lipinski definition) is 1. The summed E-state index contributed by atoms with van der Waals surface area (Å²) in [4.78, 5) is 6.51. The summed E-state index contributed by atoms with van der Waals surface area (Å²) in [5.74, 6) is -0.0969. The summed E-state index contributed by atoms with van der Waals surface area (Å²) in [5, 5.41) is 3.95. The molecule has 1 aliphatic heterocycles. The predicted molar refractivity (Wildman–Crippen MR) is 145 cm³/mol. The zero-order valence-corrected chi connectivity index (χ0v) is 22.5. The third-order valence-corrected chi connectivity index (χ3v) is 8.36. The van der Waals surface area contributed by atoms with Gasteiger partial charge in [0.25, 0.3) is 0 Å². The van der Waals surface area contributed by atoms with Crippen LogP contribution in [0.2, 0.25) is 0 Å². The predicted octanol–water partition coefficient (Wildman–Crippen LogP) is 4.09. The molecule has 0 saturated carbocycles. The molecule has 192 valence electrons. The van der Waals surface area contributed by atoms with Gasteiger partial charge in [-0.1, -0.05) is 54.6 Å². The van der Waals surface area contributed by atoms with Crippen LogP contribution in [0.25, 0.3) is 0 Å². The second-order valence-corrected chi connectivity index (χ2v) is 11.4. The SMILES string of the molecule is CCNC(=S)N(Cc1cnc(S(=O)(=O)Cc2ccccc2C)n1Cc1ccccc1)CC1CCCO1. The molecule has 1 aliphatic rings. The van der Waals surface area contributed by atoms with Gasteiger partial charge < -0.3 is 19.5 Å². The van der Waals surface area contributed by atoms with E-state index < -0.39 is 9.84 Å². The van der Waals surface area contributed by atoms with Crippen LogP contribution in [0.3, 0.4) is 0 Å². The molecule has 36 heavy (non-hydrogen) atoms. The van der Waals surface area contributed by atoms with Crippen molar-refractivity contribution in [1.82, 2.24) is 19.8 Å². The lowest BCUT2D eigenvalue weighted by atomic mass is 10.1. The van der Waals surface area contributed by atoms with Gasteiger partial charge in [-0.25, -0.2) is 13.4 Å². The van der Waals surface area contributed by atoms with Crippen LogP contribution >= 0.6 is 12.2 Å². The first kappa shape index (κ1) is 26.3. The second-order valence-electron chi connectivity index (χ2n) is 9.14. The molecule has 1 fully saturated rings. The lowest BCUT2D eigenvalue weighted by Gasteiger charge is -2.28. The van der Waals surface area contributed by atoms with Gasteiger partial charge in [-0.3, -0.25) is 0 Å². The summed E-state index contributed by atoms with van der Waals surface area (Å²) >= 11 is 5.67. The van der Waals surface area contributed by atoms with Gasteiger partial charge in [0, 0.05) is 19.7 Å². The van der Waals surface area contributed by atoms with Crippen molar-refractivity contribution in [3.8, 4) is 0 Å². The Labute approximate surface area is 219 Å². The highest BCUT2D eigenvalue weighted by Gasteiger charge is 2.27. The Morgan fingerprint density at radius 2 is 1.94 bits per heavy atom. The van der Waals surface area contributed by atoms with E-state index in [1.165, 1.54) is 0 Å². The zero-order chi connectivity index (χ0) is 25.5. The van der Waals surface area contributed by atoms with Crippen LogP contribution in [0.5, 0.6) is 0 Å². The highest BCUT2D eigenvalue weighted by atomic mass is 32.2. The maximum Gasteiger partial charge on any atom is 0.228 e. The Morgan fingerprint density at radius 3 is 2.64 bits per heavy atom. The third-order valence-electron chi connectivity index (χ3n) is 6.39. The number of aryl methyl sites for hydroxylation is 1. The monoisotopic (exact) mass is 526 g/mol. The van der Waals surface area contributed by atoms with E-state index in [-0.39, 0.29) is 17.0 Å². The Morgan fingerprint density at radius 1 is 1.19 bits per heavy atom. The van der Waals surface area contributed by atoms with Gasteiger partial charge in [-0.2, -0.15) is 0 Å². The van der Waals surface area contributed by atoms with Crippen LogP contribution in [-0.2, 0) is 33.4 Å². The second kappa shape index (κ2) is 12.0. The van der Waals surface area contributed by atoms with Crippen molar-refractivity contribution < 1.29 is 13.2 Å². The van der Waals surface area contributed by atoms with Crippen molar-refractivity contribution in [3.63, 3.8) is 0 Å². The van der Waals surface area contributed by atoms with Crippen molar-refractivity contribution in [2.24, 2.45) is 0 Å². The smallest absolute Gasteiger partial charge is 0.228 e. The quantitative estimate of drug-likeness (QED) is 0.399. The van der Waals surface area contributed by atoms with Gasteiger partial charge >= 0.3 is 0 Å². The van der Waals surface area contributed by atoms with E-state index in [2.05, 4.69) is 15.2 Å². The molecule has 2 heterocycles. The van der Waals surface area contributed by atoms with Crippen molar-refractivity contribution in [2.75, 3.05) is 19.7 Å². The van der Waals surface area contributed by atoms with E-state index in [0.717, 1.165) is 41.8 Å². The summed E-state index contributed by atoms with van der Waals surface area (Å²) in [5.41, 5.74) is 3.52. The van der Waals surface area contributed by atoms with Crippen molar-refractivity contribution >= 4 is 27.2 Å². The maximum absolute atomic E-state index is 13.6.